The summed E-state index contributed by atoms with van der Waals surface area (Å²) in [5.41, 5.74) is 2.27. The van der Waals surface area contributed by atoms with Crippen LogP contribution in [0.15, 0.2) is 67.1 Å². The molecule has 2 heterocycles. The van der Waals surface area contributed by atoms with Crippen molar-refractivity contribution < 1.29 is 14.3 Å². The number of ether oxygens (including phenoxy) is 2. The second-order valence-corrected chi connectivity index (χ2v) is 8.07. The van der Waals surface area contributed by atoms with Gasteiger partial charge in [-0.25, -0.2) is 9.97 Å². The molecule has 2 aromatic carbocycles. The molecule has 1 amide bonds. The summed E-state index contributed by atoms with van der Waals surface area (Å²) in [6.45, 7) is 3.98. The molecule has 0 bridgehead atoms. The van der Waals surface area contributed by atoms with E-state index in [4.69, 9.17) is 21.1 Å². The number of fused-ring (bicyclic) bond motifs is 1. The van der Waals surface area contributed by atoms with Gasteiger partial charge in [0.05, 0.1) is 27.7 Å². The number of aromatic nitrogens is 3. The Morgan fingerprint density at radius 1 is 1.03 bits per heavy atom. The summed E-state index contributed by atoms with van der Waals surface area (Å²) in [6.07, 6.45) is 3.21. The fourth-order valence-corrected chi connectivity index (χ4v) is 3.60. The van der Waals surface area contributed by atoms with E-state index in [0.717, 1.165) is 22.3 Å². The smallest absolute Gasteiger partial charge is 0.217 e. The van der Waals surface area contributed by atoms with Gasteiger partial charge < -0.3 is 20.1 Å². The third-order valence-corrected chi connectivity index (χ3v) is 5.15. The Bertz CT molecular complexity index is 1280. The van der Waals surface area contributed by atoms with Crippen LogP contribution in [0.2, 0.25) is 5.02 Å². The Morgan fingerprint density at radius 2 is 1.91 bits per heavy atom. The number of carbonyl (C=O) groups is 1. The zero-order valence-corrected chi connectivity index (χ0v) is 19.5. The largest absolute Gasteiger partial charge is 0.491 e. The number of carbonyl (C=O) groups excluding carboxylic acids is 1. The zero-order chi connectivity index (χ0) is 23.9. The molecule has 0 spiro atoms. The molecule has 2 N–H and O–H groups in total. The quantitative estimate of drug-likeness (QED) is 0.353. The van der Waals surface area contributed by atoms with Gasteiger partial charge in [0.1, 0.15) is 36.9 Å². The Morgan fingerprint density at radius 3 is 2.68 bits per heavy atom. The van der Waals surface area contributed by atoms with Crippen LogP contribution in [0.1, 0.15) is 19.5 Å². The maximum absolute atomic E-state index is 11.3. The van der Waals surface area contributed by atoms with Crippen LogP contribution in [-0.2, 0) is 11.4 Å². The molecule has 4 rings (SSSR count). The molecule has 0 radical (unpaired) electrons. The Kier molecular flexibility index (Phi) is 7.39. The summed E-state index contributed by atoms with van der Waals surface area (Å²) >= 11 is 6.46. The molecule has 2 aromatic heterocycles. The maximum atomic E-state index is 11.3. The van der Waals surface area contributed by atoms with E-state index < -0.39 is 0 Å². The van der Waals surface area contributed by atoms with E-state index in [1.165, 1.54) is 13.3 Å². The Labute approximate surface area is 202 Å². The lowest BCUT2D eigenvalue weighted by atomic mass is 10.2. The fraction of sp³-hybridized carbons (Fsp3) is 0.200. The monoisotopic (exact) mass is 477 g/mol. The number of rotatable bonds is 9. The second kappa shape index (κ2) is 10.8. The van der Waals surface area contributed by atoms with Crippen LogP contribution in [-0.4, -0.2) is 33.5 Å². The van der Waals surface area contributed by atoms with E-state index in [1.807, 2.05) is 49.4 Å². The summed E-state index contributed by atoms with van der Waals surface area (Å²) < 4.78 is 11.8. The number of hydrogen-bond acceptors (Lipinski definition) is 7. The van der Waals surface area contributed by atoms with Crippen molar-refractivity contribution in [1.82, 2.24) is 20.3 Å². The van der Waals surface area contributed by atoms with E-state index >= 15 is 0 Å². The highest BCUT2D eigenvalue weighted by molar-refractivity contribution is 6.32. The van der Waals surface area contributed by atoms with Crippen molar-refractivity contribution in [1.29, 1.82) is 0 Å². The normalized spacial score (nSPS) is 11.6. The van der Waals surface area contributed by atoms with E-state index in [2.05, 4.69) is 25.6 Å². The van der Waals surface area contributed by atoms with Crippen LogP contribution in [0.3, 0.4) is 0 Å². The zero-order valence-electron chi connectivity index (χ0n) is 18.8. The standard InChI is InChI=1S/C25H24ClN5O3/c1-16(30-17(2)32)13-33-23-8-5-7-21-24(23)25(29-15-28-21)31-18-9-10-22(20(26)12-18)34-14-19-6-3-4-11-27-19/h3-12,15-16H,13-14H2,1-2H3,(H,30,32)(H,28,29,31)/t16-/m1/s1. The summed E-state index contributed by atoms with van der Waals surface area (Å²) in [7, 11) is 0. The average Bonchev–Trinajstić information content (AvgIpc) is 2.82. The highest BCUT2D eigenvalue weighted by Gasteiger charge is 2.13. The third-order valence-electron chi connectivity index (χ3n) is 4.86. The van der Waals surface area contributed by atoms with Gasteiger partial charge in [0, 0.05) is 18.8 Å². The van der Waals surface area contributed by atoms with Gasteiger partial charge in [0.2, 0.25) is 5.91 Å². The molecule has 174 valence electrons. The van der Waals surface area contributed by atoms with Crippen molar-refractivity contribution in [2.45, 2.75) is 26.5 Å². The van der Waals surface area contributed by atoms with Crippen LogP contribution in [0.4, 0.5) is 11.5 Å². The molecular formula is C25H24ClN5O3. The van der Waals surface area contributed by atoms with Crippen LogP contribution in [0.5, 0.6) is 11.5 Å². The van der Waals surface area contributed by atoms with Crippen molar-refractivity contribution >= 4 is 39.9 Å². The summed E-state index contributed by atoms with van der Waals surface area (Å²) in [5.74, 6) is 1.63. The van der Waals surface area contributed by atoms with Crippen molar-refractivity contribution in [2.75, 3.05) is 11.9 Å². The minimum Gasteiger partial charge on any atom is -0.491 e. The predicted molar refractivity (Wildman–Crippen MR) is 132 cm³/mol. The van der Waals surface area contributed by atoms with Crippen LogP contribution in [0.25, 0.3) is 10.9 Å². The first-order valence-electron chi connectivity index (χ1n) is 10.7. The Balaban J connectivity index is 1.52. The number of nitrogens with one attached hydrogen (secondary N) is 2. The molecule has 0 aliphatic heterocycles. The van der Waals surface area contributed by atoms with E-state index in [9.17, 15) is 4.79 Å². The molecule has 9 heteroatoms. The molecule has 4 aromatic rings. The second-order valence-electron chi connectivity index (χ2n) is 7.67. The van der Waals surface area contributed by atoms with Gasteiger partial charge in [0.25, 0.3) is 0 Å². The van der Waals surface area contributed by atoms with Crippen LogP contribution < -0.4 is 20.1 Å². The Hall–Kier alpha value is -3.91. The maximum Gasteiger partial charge on any atom is 0.217 e. The summed E-state index contributed by atoms with van der Waals surface area (Å²) in [4.78, 5) is 24.3. The van der Waals surface area contributed by atoms with Crippen molar-refractivity contribution in [3.05, 3.63) is 77.8 Å². The molecular weight excluding hydrogens is 454 g/mol. The number of nitrogens with zero attached hydrogens (tertiary/aromatic N) is 3. The van der Waals surface area contributed by atoms with Gasteiger partial charge >= 0.3 is 0 Å². The first kappa shape index (κ1) is 23.3. The lowest BCUT2D eigenvalue weighted by molar-refractivity contribution is -0.119. The number of pyridine rings is 1. The highest BCUT2D eigenvalue weighted by atomic mass is 35.5. The first-order valence-corrected chi connectivity index (χ1v) is 11.1. The van der Waals surface area contributed by atoms with Crippen molar-refractivity contribution in [3.63, 3.8) is 0 Å². The van der Waals surface area contributed by atoms with Crippen LogP contribution >= 0.6 is 11.6 Å². The average molecular weight is 478 g/mol. The van der Waals surface area contributed by atoms with E-state index in [-0.39, 0.29) is 11.9 Å². The number of benzene rings is 2. The molecule has 0 unspecified atom stereocenters. The topological polar surface area (TPSA) is 98.3 Å². The van der Waals surface area contributed by atoms with Gasteiger partial charge in [-0.2, -0.15) is 0 Å². The van der Waals surface area contributed by atoms with Gasteiger partial charge in [-0.1, -0.05) is 23.7 Å². The summed E-state index contributed by atoms with van der Waals surface area (Å²) in [6, 6.07) is 16.5. The molecule has 0 saturated heterocycles. The molecule has 0 fully saturated rings. The van der Waals surface area contributed by atoms with Gasteiger partial charge in [0.15, 0.2) is 0 Å². The van der Waals surface area contributed by atoms with Crippen molar-refractivity contribution in [3.8, 4) is 11.5 Å². The van der Waals surface area contributed by atoms with Gasteiger partial charge in [-0.05, 0) is 49.4 Å². The molecule has 1 atom stereocenters. The van der Waals surface area contributed by atoms with Crippen molar-refractivity contribution in [2.24, 2.45) is 0 Å². The SMILES string of the molecule is CC(=O)N[C@H](C)COc1cccc2ncnc(Nc3ccc(OCc4ccccn4)c(Cl)c3)c12. The molecule has 0 aliphatic rings. The number of amides is 1. The number of anilines is 2. The van der Waals surface area contributed by atoms with E-state index in [1.54, 1.807) is 18.3 Å². The molecule has 8 nitrogen and oxygen atoms in total. The molecule has 34 heavy (non-hydrogen) atoms. The first-order chi connectivity index (χ1) is 16.5. The lowest BCUT2D eigenvalue weighted by Gasteiger charge is -2.16. The number of hydrogen-bond donors (Lipinski definition) is 2. The van der Waals surface area contributed by atoms with Gasteiger partial charge in [-0.3, -0.25) is 9.78 Å². The number of halogens is 1. The van der Waals surface area contributed by atoms with E-state index in [0.29, 0.717) is 35.6 Å². The van der Waals surface area contributed by atoms with Crippen LogP contribution in [0, 0.1) is 0 Å². The minimum atomic E-state index is -0.147. The van der Waals surface area contributed by atoms with Gasteiger partial charge in [-0.15, -0.1) is 0 Å². The third kappa shape index (κ3) is 5.90. The minimum absolute atomic E-state index is 0.107. The summed E-state index contributed by atoms with van der Waals surface area (Å²) in [5, 5.41) is 7.29. The highest BCUT2D eigenvalue weighted by Crippen LogP contribution is 2.34. The lowest BCUT2D eigenvalue weighted by Crippen LogP contribution is -2.35. The molecule has 0 saturated carbocycles. The molecule has 0 aliphatic carbocycles. The fourth-order valence-electron chi connectivity index (χ4n) is 3.36. The predicted octanol–water partition coefficient (Wildman–Crippen LogP) is 4.90.